The van der Waals surface area contributed by atoms with E-state index in [0.717, 1.165) is 13.8 Å². The number of rotatable bonds is 8. The summed E-state index contributed by atoms with van der Waals surface area (Å²) in [6, 6.07) is -1.39. The Balaban J connectivity index is 1.82. The van der Waals surface area contributed by atoms with Gasteiger partial charge in [-0.15, -0.1) is 0 Å². The molecule has 3 heterocycles. The van der Waals surface area contributed by atoms with E-state index in [1.807, 2.05) is 5.09 Å². The van der Waals surface area contributed by atoms with Crippen molar-refractivity contribution in [1.82, 2.24) is 24.6 Å². The van der Waals surface area contributed by atoms with E-state index < -0.39 is 50.5 Å². The number of hydrogen-bond acceptors (Lipinski definition) is 10. The second-order valence-corrected chi connectivity index (χ2v) is 8.60. The predicted octanol–water partition coefficient (Wildman–Crippen LogP) is -0.417. The average molecular weight is 464 g/mol. The molecule has 1 unspecified atom stereocenters. The number of hydrogen-bond donors (Lipinski definition) is 5. The van der Waals surface area contributed by atoms with Gasteiger partial charge in [0.05, 0.1) is 20.0 Å². The lowest BCUT2D eigenvalue weighted by atomic mass is 9.98. The molecule has 0 radical (unpaired) electrons. The minimum Gasteiger partial charge on any atom is -0.480 e. The van der Waals surface area contributed by atoms with Crippen molar-refractivity contribution in [3.8, 4) is 5.88 Å². The third-order valence-electron chi connectivity index (χ3n) is 4.71. The Morgan fingerprint density at radius 2 is 2.23 bits per heavy atom. The fourth-order valence-corrected chi connectivity index (χ4v) is 4.11. The highest BCUT2D eigenvalue weighted by molar-refractivity contribution is 7.50. The molecule has 1 aliphatic rings. The van der Waals surface area contributed by atoms with Crippen LogP contribution in [0.2, 0.25) is 0 Å². The Bertz CT molecular complexity index is 1030. The van der Waals surface area contributed by atoms with Crippen LogP contribution in [-0.2, 0) is 18.6 Å². The first-order valence-electron chi connectivity index (χ1n) is 8.91. The van der Waals surface area contributed by atoms with Crippen molar-refractivity contribution in [2.45, 2.75) is 44.0 Å². The van der Waals surface area contributed by atoms with Crippen LogP contribution in [0.25, 0.3) is 11.2 Å². The van der Waals surface area contributed by atoms with Gasteiger partial charge in [0, 0.05) is 0 Å². The molecule has 0 amide bonds. The monoisotopic (exact) mass is 464 g/mol. The van der Waals surface area contributed by atoms with E-state index in [1.54, 1.807) is 0 Å². The number of alkyl halides is 1. The molecule has 3 rings (SSSR count). The first kappa shape index (κ1) is 23.2. The zero-order valence-corrected chi connectivity index (χ0v) is 17.6. The predicted molar refractivity (Wildman–Crippen MR) is 102 cm³/mol. The lowest BCUT2D eigenvalue weighted by Crippen LogP contribution is -2.41. The fraction of sp³-hybridized carbons (Fsp3) is 0.600. The average Bonchev–Trinajstić information content (AvgIpc) is 3.18. The van der Waals surface area contributed by atoms with Crippen molar-refractivity contribution >= 4 is 30.8 Å². The molecule has 0 bridgehead atoms. The summed E-state index contributed by atoms with van der Waals surface area (Å²) in [4.78, 5) is 32.5. The Morgan fingerprint density at radius 1 is 1.55 bits per heavy atom. The van der Waals surface area contributed by atoms with Gasteiger partial charge in [-0.2, -0.15) is 9.97 Å². The van der Waals surface area contributed by atoms with Gasteiger partial charge in [0.15, 0.2) is 23.1 Å². The molecule has 0 saturated carbocycles. The van der Waals surface area contributed by atoms with E-state index in [0.29, 0.717) is 0 Å². The number of aliphatic carboxylic acids is 1. The number of nitrogens with one attached hydrogen (secondary N) is 1. The standard InChI is InChI=1S/C15H22FN6O8P/c1-6(12(24)25)21-31(26,27)29-4-7-9(23)15(2,16)13(30-7)22-5-18-8-10(22)19-14(17)20-11(8)28-3/h5-7,9,13,23H,4H2,1-3H3,(H,24,25)(H2,17,19,20)(H2,21,26,27)/t6-,7+,9+,13+,15+/m0/s1. The van der Waals surface area contributed by atoms with Crippen molar-refractivity contribution in [3.05, 3.63) is 6.33 Å². The number of ether oxygens (including phenoxy) is 2. The van der Waals surface area contributed by atoms with Crippen LogP contribution in [0.4, 0.5) is 10.3 Å². The molecule has 31 heavy (non-hydrogen) atoms. The van der Waals surface area contributed by atoms with Crippen LogP contribution in [-0.4, -0.2) is 78.2 Å². The number of halogens is 1. The second kappa shape index (κ2) is 8.26. The van der Waals surface area contributed by atoms with Crippen molar-refractivity contribution in [3.63, 3.8) is 0 Å². The zero-order chi connectivity index (χ0) is 23.1. The summed E-state index contributed by atoms with van der Waals surface area (Å²) < 4.78 is 44.1. The van der Waals surface area contributed by atoms with E-state index >= 15 is 4.39 Å². The van der Waals surface area contributed by atoms with Gasteiger partial charge in [-0.3, -0.25) is 13.9 Å². The van der Waals surface area contributed by atoms with Gasteiger partial charge in [-0.05, 0) is 13.8 Å². The largest absolute Gasteiger partial charge is 0.480 e. The maximum atomic E-state index is 15.4. The van der Waals surface area contributed by atoms with Crippen LogP contribution < -0.4 is 15.6 Å². The number of fused-ring (bicyclic) bond motifs is 1. The van der Waals surface area contributed by atoms with Gasteiger partial charge < -0.3 is 30.3 Å². The quantitative estimate of drug-likeness (QED) is 0.315. The summed E-state index contributed by atoms with van der Waals surface area (Å²) in [6.07, 6.45) is -3.40. The third kappa shape index (κ3) is 4.46. The molecule has 0 aliphatic carbocycles. The molecule has 1 saturated heterocycles. The third-order valence-corrected chi connectivity index (χ3v) is 5.92. The molecule has 14 nitrogen and oxygen atoms in total. The molecule has 1 aliphatic heterocycles. The van der Waals surface area contributed by atoms with Crippen molar-refractivity contribution < 1.29 is 42.9 Å². The molecular formula is C15H22FN6O8P. The zero-order valence-electron chi connectivity index (χ0n) is 16.7. The fourth-order valence-electron chi connectivity index (χ4n) is 3.08. The lowest BCUT2D eigenvalue weighted by molar-refractivity contribution is -0.138. The lowest BCUT2D eigenvalue weighted by Gasteiger charge is -2.24. The number of imidazole rings is 1. The maximum absolute atomic E-state index is 15.4. The molecule has 172 valence electrons. The second-order valence-electron chi connectivity index (χ2n) is 7.04. The number of carbonyl (C=O) groups is 1. The van der Waals surface area contributed by atoms with Crippen LogP contribution in [0.15, 0.2) is 6.33 Å². The van der Waals surface area contributed by atoms with Crippen molar-refractivity contribution in [2.24, 2.45) is 0 Å². The highest BCUT2D eigenvalue weighted by atomic mass is 31.2. The first-order valence-corrected chi connectivity index (χ1v) is 10.5. The Kier molecular flexibility index (Phi) is 6.19. The van der Waals surface area contributed by atoms with Crippen LogP contribution in [0, 0.1) is 0 Å². The van der Waals surface area contributed by atoms with Crippen LogP contribution in [0.5, 0.6) is 5.88 Å². The molecule has 2 aromatic rings. The Hall–Kier alpha value is -2.42. The van der Waals surface area contributed by atoms with E-state index in [2.05, 4.69) is 15.0 Å². The van der Waals surface area contributed by atoms with Crippen LogP contribution >= 0.6 is 7.75 Å². The van der Waals surface area contributed by atoms with Gasteiger partial charge in [0.1, 0.15) is 18.2 Å². The van der Waals surface area contributed by atoms with Crippen LogP contribution in [0.3, 0.4) is 0 Å². The molecule has 0 aromatic carbocycles. The Morgan fingerprint density at radius 3 is 2.84 bits per heavy atom. The number of anilines is 1. The molecule has 16 heteroatoms. The number of carboxylic acid groups (broad SMARTS) is 1. The number of aliphatic hydroxyl groups excluding tert-OH is 1. The topological polar surface area (TPSA) is 204 Å². The summed E-state index contributed by atoms with van der Waals surface area (Å²) in [5.41, 5.74) is 3.52. The van der Waals surface area contributed by atoms with E-state index in [9.17, 15) is 19.4 Å². The number of aromatic nitrogens is 4. The summed E-state index contributed by atoms with van der Waals surface area (Å²) >= 11 is 0. The van der Waals surface area contributed by atoms with E-state index in [4.69, 9.17) is 24.8 Å². The molecular weight excluding hydrogens is 442 g/mol. The first-order chi connectivity index (χ1) is 14.4. The molecule has 2 aromatic heterocycles. The van der Waals surface area contributed by atoms with Crippen molar-refractivity contribution in [2.75, 3.05) is 19.5 Å². The summed E-state index contributed by atoms with van der Waals surface area (Å²) in [7, 11) is -3.23. The number of nitrogens with zero attached hydrogens (tertiary/aromatic N) is 4. The SMILES string of the molecule is COc1nc(N)nc2c1ncn2[C@@H]1O[C@H](COP(=O)(O)N[C@@H](C)C(=O)O)[C@@H](O)[C@@]1(C)F. The molecule has 6 N–H and O–H groups in total. The summed E-state index contributed by atoms with van der Waals surface area (Å²) in [5.74, 6) is -1.49. The number of methoxy groups -OCH3 is 1. The van der Waals surface area contributed by atoms with Crippen LogP contribution in [0.1, 0.15) is 20.1 Å². The highest BCUT2D eigenvalue weighted by Gasteiger charge is 2.55. The van der Waals surface area contributed by atoms with Gasteiger partial charge in [0.2, 0.25) is 11.8 Å². The van der Waals surface area contributed by atoms with Gasteiger partial charge in [0.25, 0.3) is 0 Å². The molecule has 1 fully saturated rings. The molecule has 0 spiro atoms. The number of carboxylic acids is 1. The minimum absolute atomic E-state index is 0.0556. The summed E-state index contributed by atoms with van der Waals surface area (Å²) in [6.45, 7) is 1.49. The van der Waals surface area contributed by atoms with E-state index in [1.165, 1.54) is 18.0 Å². The van der Waals surface area contributed by atoms with Gasteiger partial charge in [-0.25, -0.2) is 19.0 Å². The normalized spacial score (nSPS) is 29.0. The Labute approximate surface area is 174 Å². The minimum atomic E-state index is -4.58. The van der Waals surface area contributed by atoms with Gasteiger partial charge >= 0.3 is 13.7 Å². The number of aliphatic hydroxyl groups is 1. The summed E-state index contributed by atoms with van der Waals surface area (Å²) in [5, 5.41) is 21.1. The van der Waals surface area contributed by atoms with E-state index in [-0.39, 0.29) is 23.0 Å². The highest BCUT2D eigenvalue weighted by Crippen LogP contribution is 2.45. The smallest absolute Gasteiger partial charge is 0.403 e. The maximum Gasteiger partial charge on any atom is 0.403 e. The number of nitrogens with two attached hydrogens (primary N) is 1. The van der Waals surface area contributed by atoms with Crippen molar-refractivity contribution in [1.29, 1.82) is 0 Å². The number of nitrogen functional groups attached to an aromatic ring is 1. The molecule has 6 atom stereocenters. The van der Waals surface area contributed by atoms with Gasteiger partial charge in [-0.1, -0.05) is 0 Å².